The molecule has 0 aromatic carbocycles. The number of aromatic amines is 4. The summed E-state index contributed by atoms with van der Waals surface area (Å²) < 4.78 is 42.2. The number of aryl methyl sites for hydroxylation is 5. The van der Waals surface area contributed by atoms with Crippen LogP contribution < -0.4 is 0 Å². The monoisotopic (exact) mass is 1460 g/mol. The molecule has 16 bridgehead atoms. The van der Waals surface area contributed by atoms with E-state index in [1.807, 2.05) is 110 Å². The zero-order valence-electron chi connectivity index (χ0n) is 63.8. The Balaban J connectivity index is 1.12. The predicted octanol–water partition coefficient (Wildman–Crippen LogP) is 13.3. The minimum absolute atomic E-state index is 0.0448. The summed E-state index contributed by atoms with van der Waals surface area (Å²) in [5.74, 6) is -7.22. The first-order valence-corrected chi connectivity index (χ1v) is 35.6. The Labute approximate surface area is 624 Å². The van der Waals surface area contributed by atoms with Gasteiger partial charge >= 0.3 is 47.8 Å². The number of hydrogen-bond acceptors (Lipinski definition) is 20. The summed E-state index contributed by atoms with van der Waals surface area (Å²) in [4.78, 5) is 144. The SMILES string of the molecule is COC(=O)CCC1=C(C)c2cc3[nH]c(cc4nc(cc5[nH]c(cc1n2)c(CCC(=O)OC)c5C)C(/C=C/C(C)c1c(C)c2cc5nc(cc6[nH]c(cc7nc(cc1[nH]2)C(C)=C7CCC(=O)OC)c(CCC(=O)OC)c6C)[C@]1(C)C5=CC=C(C(=O)OC)[C@@H]1C(=O)OC)=C4C)C1=CC=C(C(=O)OC)[C@@H](C(=O)OC)[C@]13C. The van der Waals surface area contributed by atoms with Gasteiger partial charge in [0.15, 0.2) is 0 Å². The van der Waals surface area contributed by atoms with Gasteiger partial charge < -0.3 is 57.8 Å². The first-order valence-electron chi connectivity index (χ1n) is 35.6. The molecule has 2 aliphatic carbocycles. The van der Waals surface area contributed by atoms with E-state index >= 15 is 0 Å². The van der Waals surface area contributed by atoms with Crippen molar-refractivity contribution in [2.24, 2.45) is 11.8 Å². The van der Waals surface area contributed by atoms with E-state index in [1.54, 1.807) is 18.2 Å². The third kappa shape index (κ3) is 13.4. The van der Waals surface area contributed by atoms with Gasteiger partial charge in [0.1, 0.15) is 11.8 Å². The second kappa shape index (κ2) is 30.2. The molecular weight excluding hydrogens is 1380 g/mol. The molecule has 560 valence electrons. The van der Waals surface area contributed by atoms with Gasteiger partial charge in [-0.1, -0.05) is 43.4 Å². The second-order valence-electron chi connectivity index (χ2n) is 28.1. The van der Waals surface area contributed by atoms with Gasteiger partial charge in [0.25, 0.3) is 0 Å². The zero-order valence-corrected chi connectivity index (χ0v) is 63.8. The Kier molecular flexibility index (Phi) is 21.2. The van der Waals surface area contributed by atoms with Crippen LogP contribution in [0.25, 0.3) is 77.7 Å². The lowest BCUT2D eigenvalue weighted by Gasteiger charge is -2.36. The highest BCUT2D eigenvalue weighted by molar-refractivity contribution is 6.05. The van der Waals surface area contributed by atoms with E-state index in [2.05, 4.69) is 39.0 Å². The fourth-order valence-electron chi connectivity index (χ4n) is 16.2. The molecular formula is C84H88N8O16. The third-order valence-corrected chi connectivity index (χ3v) is 22.5. The van der Waals surface area contributed by atoms with Crippen LogP contribution in [0.5, 0.6) is 0 Å². The average Bonchev–Trinajstić information content (AvgIpc) is 1.53. The fourth-order valence-corrected chi connectivity index (χ4v) is 16.2. The summed E-state index contributed by atoms with van der Waals surface area (Å²) >= 11 is 0. The maximum atomic E-state index is 14.4. The molecule has 1 unspecified atom stereocenters. The molecule has 0 saturated heterocycles. The number of nitrogens with one attached hydrogen (secondary N) is 4. The van der Waals surface area contributed by atoms with E-state index in [0.29, 0.717) is 108 Å². The van der Waals surface area contributed by atoms with Crippen molar-refractivity contribution >= 4 is 125 Å². The molecule has 0 amide bonds. The number of carbonyl (C=O) groups is 8. The molecule has 0 radical (unpaired) electrons. The van der Waals surface area contributed by atoms with E-state index in [9.17, 15) is 38.4 Å². The first-order chi connectivity index (χ1) is 51.6. The second-order valence-corrected chi connectivity index (χ2v) is 28.1. The quantitative estimate of drug-likeness (QED) is 0.0441. The molecule has 12 rings (SSSR count). The molecule has 5 aromatic rings. The minimum Gasteiger partial charge on any atom is -0.469 e. The predicted molar refractivity (Wildman–Crippen MR) is 408 cm³/mol. The fraction of sp³-hybridized carbons (Fsp3) is 0.357. The van der Waals surface area contributed by atoms with Crippen LogP contribution >= 0.6 is 0 Å². The molecule has 4 N–H and O–H groups in total. The van der Waals surface area contributed by atoms with Crippen LogP contribution in [-0.4, -0.2) is 145 Å². The van der Waals surface area contributed by atoms with Crippen LogP contribution in [0.1, 0.15) is 176 Å². The number of rotatable bonds is 19. The van der Waals surface area contributed by atoms with Gasteiger partial charge in [-0.05, 0) is 202 Å². The Hall–Kier alpha value is -11.8. The first kappa shape index (κ1) is 75.8. The minimum atomic E-state index is -1.32. The highest BCUT2D eigenvalue weighted by Crippen LogP contribution is 2.55. The summed E-state index contributed by atoms with van der Waals surface area (Å²) in [5.41, 5.74) is 17.9. The lowest BCUT2D eigenvalue weighted by Crippen LogP contribution is -2.42. The van der Waals surface area contributed by atoms with E-state index in [0.717, 1.165) is 66.8 Å². The van der Waals surface area contributed by atoms with Crippen LogP contribution in [0.4, 0.5) is 0 Å². The molecule has 7 aliphatic rings. The van der Waals surface area contributed by atoms with Crippen LogP contribution in [0.2, 0.25) is 0 Å². The standard InChI is InChI=1S/C84H88N8O16/c1-40(76-46(7)59-34-68-55-27-21-53(80(98)106-15)78(82(100)108-17)84(55,9)71(92-68)39-61-45(6)51(25-31-75(96)104-13)66(89-61)37-64-49(23-29-73(94)102-11)43(4)58(87-64)35-69(76)90-59)18-19-47-41(2)57-33-67-54-26-20-52(79(97)105-14)77(81(99)107-16)83(54,8)70(91-67)38-60-44(5)50(24-30-74(95)103-12)65(88-60)36-63-48(22-28-72(93)101-10)42(3)56(85-63)32-62(47)86-57/h18-21,26-27,32-40,77-78,85,89-91H,22-25,28-31H2,1-17H3/b19-18+,58-35?,59-34?,61-39?,62-32?,64-37?,65-36?,66-37?,67-33?,68-34?,69-35?,70-38?,71-39?/t40?,77-,78+,83+,84-/m0/s1. The lowest BCUT2D eigenvalue weighted by atomic mass is 9.64. The molecule has 0 spiro atoms. The van der Waals surface area contributed by atoms with Gasteiger partial charge in [-0.15, -0.1) is 0 Å². The van der Waals surface area contributed by atoms with Crippen molar-refractivity contribution < 1.29 is 76.3 Å². The van der Waals surface area contributed by atoms with Crippen LogP contribution in [0.3, 0.4) is 0 Å². The molecule has 5 aliphatic heterocycles. The zero-order chi connectivity index (χ0) is 77.7. The number of ether oxygens (including phenoxy) is 8. The molecule has 24 nitrogen and oxygen atoms in total. The largest absolute Gasteiger partial charge is 0.469 e. The average molecular weight is 1470 g/mol. The summed E-state index contributed by atoms with van der Waals surface area (Å²) in [6.45, 7) is 17.7. The summed E-state index contributed by atoms with van der Waals surface area (Å²) in [5, 5.41) is 0. The smallest absolute Gasteiger partial charge is 0.334 e. The Morgan fingerprint density at radius 1 is 0.426 bits per heavy atom. The van der Waals surface area contributed by atoms with Crippen molar-refractivity contribution in [1.29, 1.82) is 0 Å². The number of hydrogen-bond donors (Lipinski definition) is 4. The van der Waals surface area contributed by atoms with Crippen molar-refractivity contribution in [3.05, 3.63) is 186 Å². The number of esters is 8. The third-order valence-electron chi connectivity index (χ3n) is 22.5. The van der Waals surface area contributed by atoms with Gasteiger partial charge in [0.05, 0.1) is 124 Å². The maximum Gasteiger partial charge on any atom is 0.334 e. The lowest BCUT2D eigenvalue weighted by molar-refractivity contribution is -0.149. The highest BCUT2D eigenvalue weighted by Gasteiger charge is 2.55. The topological polar surface area (TPSA) is 325 Å². The molecule has 108 heavy (non-hydrogen) atoms. The van der Waals surface area contributed by atoms with E-state index in [-0.39, 0.29) is 56.1 Å². The molecule has 0 saturated carbocycles. The Morgan fingerprint density at radius 3 is 1.36 bits per heavy atom. The van der Waals surface area contributed by atoms with Crippen molar-refractivity contribution in [3.63, 3.8) is 0 Å². The van der Waals surface area contributed by atoms with E-state index in [4.69, 9.17) is 57.8 Å². The van der Waals surface area contributed by atoms with Gasteiger partial charge in [-0.3, -0.25) is 33.8 Å². The van der Waals surface area contributed by atoms with Crippen LogP contribution in [0, 0.1) is 32.6 Å². The van der Waals surface area contributed by atoms with E-state index < -0.39 is 76.3 Å². The van der Waals surface area contributed by atoms with Crippen molar-refractivity contribution in [2.75, 3.05) is 56.9 Å². The number of aromatic nitrogens is 8. The Morgan fingerprint density at radius 2 is 0.852 bits per heavy atom. The van der Waals surface area contributed by atoms with Gasteiger partial charge in [-0.2, -0.15) is 0 Å². The number of fused-ring (bicyclic) bond motifs is 22. The van der Waals surface area contributed by atoms with Gasteiger partial charge in [-0.25, -0.2) is 24.5 Å². The van der Waals surface area contributed by atoms with Gasteiger partial charge in [0, 0.05) is 81.7 Å². The van der Waals surface area contributed by atoms with Crippen LogP contribution in [0.15, 0.2) is 96.1 Å². The molecule has 24 heteroatoms. The summed E-state index contributed by atoms with van der Waals surface area (Å²) in [6.07, 6.45) is 12.3. The highest BCUT2D eigenvalue weighted by atomic mass is 16.5. The maximum absolute atomic E-state index is 14.4. The molecule has 10 heterocycles. The molecule has 5 aromatic heterocycles. The van der Waals surface area contributed by atoms with Crippen molar-refractivity contribution in [2.45, 2.75) is 130 Å². The van der Waals surface area contributed by atoms with E-state index in [1.165, 1.54) is 56.9 Å². The normalized spacial score (nSPS) is 18.6. The van der Waals surface area contributed by atoms with Crippen molar-refractivity contribution in [3.8, 4) is 0 Å². The number of H-pyrrole nitrogens is 4. The number of nitrogens with zero attached hydrogens (tertiary/aromatic N) is 4. The van der Waals surface area contributed by atoms with Gasteiger partial charge in [0.2, 0.25) is 0 Å². The molecule has 5 atom stereocenters. The summed E-state index contributed by atoms with van der Waals surface area (Å²) in [7, 11) is 10.4. The van der Waals surface area contributed by atoms with Crippen molar-refractivity contribution in [1.82, 2.24) is 39.9 Å². The number of allylic oxidation sites excluding steroid dienone is 14. The summed E-state index contributed by atoms with van der Waals surface area (Å²) in [6, 6.07) is 15.4. The Bertz CT molecular complexity index is 5420. The number of methoxy groups -OCH3 is 8. The molecule has 0 fully saturated rings. The van der Waals surface area contributed by atoms with Crippen LogP contribution in [-0.2, 0) is 99.9 Å². The number of carbonyl (C=O) groups excluding carboxylic acids is 8.